The minimum absolute atomic E-state index is 0.171. The van der Waals surface area contributed by atoms with E-state index in [0.29, 0.717) is 12.5 Å². The first kappa shape index (κ1) is 17.3. The normalized spacial score (nSPS) is 12.4. The predicted molar refractivity (Wildman–Crippen MR) is 79.3 cm³/mol. The van der Waals surface area contributed by atoms with E-state index in [1.807, 2.05) is 12.1 Å². The third-order valence-corrected chi connectivity index (χ3v) is 3.12. The Kier molecular flexibility index (Phi) is 6.52. The Balaban J connectivity index is 2.52. The highest BCUT2D eigenvalue weighted by molar-refractivity contribution is 5.79. The van der Waals surface area contributed by atoms with Crippen molar-refractivity contribution in [3.8, 4) is 0 Å². The van der Waals surface area contributed by atoms with Gasteiger partial charge in [0.05, 0.1) is 6.42 Å². The monoisotopic (exact) mass is 301 g/mol. The molecule has 0 spiro atoms. The molecule has 1 N–H and O–H groups in total. The topological polar surface area (TPSA) is 27.6 Å². The fourth-order valence-electron chi connectivity index (χ4n) is 1.93. The van der Waals surface area contributed by atoms with Gasteiger partial charge >= 0.3 is 6.18 Å². The van der Waals surface area contributed by atoms with Crippen LogP contribution >= 0.6 is 0 Å². The van der Waals surface area contributed by atoms with Gasteiger partial charge in [-0.2, -0.15) is 13.2 Å². The van der Waals surface area contributed by atoms with Gasteiger partial charge in [-0.15, -0.1) is 0 Å². The molecule has 0 saturated carbocycles. The number of aryl methyl sites for hydroxylation is 1. The lowest BCUT2D eigenvalue weighted by atomic mass is 10.1. The second-order valence-electron chi connectivity index (χ2n) is 4.87. The van der Waals surface area contributed by atoms with Gasteiger partial charge in [-0.05, 0) is 17.5 Å². The smallest absolute Gasteiger partial charge is 0.356 e. The van der Waals surface area contributed by atoms with Crippen LogP contribution in [0, 0.1) is 0 Å². The van der Waals surface area contributed by atoms with Gasteiger partial charge in [-0.25, -0.2) is 0 Å². The maximum absolute atomic E-state index is 12.1. The van der Waals surface area contributed by atoms with E-state index in [2.05, 4.69) is 29.4 Å². The van der Waals surface area contributed by atoms with E-state index in [0.717, 1.165) is 12.0 Å². The molecule has 0 heterocycles. The van der Waals surface area contributed by atoms with Crippen molar-refractivity contribution in [2.45, 2.75) is 32.5 Å². The molecule has 0 atom stereocenters. The van der Waals surface area contributed by atoms with E-state index < -0.39 is 12.6 Å². The Hall–Kier alpha value is -1.72. The van der Waals surface area contributed by atoms with Crippen molar-refractivity contribution in [3.05, 3.63) is 35.4 Å². The third kappa shape index (κ3) is 6.51. The number of hydrogen-bond acceptors (Lipinski definition) is 1. The molecule has 0 aliphatic heterocycles. The molecule has 0 amide bonds. The van der Waals surface area contributed by atoms with Crippen LogP contribution in [0.15, 0.2) is 29.3 Å². The van der Waals surface area contributed by atoms with Crippen LogP contribution in [0.4, 0.5) is 13.2 Å². The molecule has 1 rings (SSSR count). The van der Waals surface area contributed by atoms with Crippen molar-refractivity contribution >= 4 is 5.96 Å². The maximum Gasteiger partial charge on any atom is 0.390 e. The number of nitrogens with zero attached hydrogens (tertiary/aromatic N) is 2. The van der Waals surface area contributed by atoms with Crippen molar-refractivity contribution in [3.63, 3.8) is 0 Å². The SMILES string of the molecule is CCc1ccc(CN(C)C(=NC)NCCC(F)(F)F)cc1. The molecule has 0 fully saturated rings. The van der Waals surface area contributed by atoms with Crippen LogP contribution in [0.2, 0.25) is 0 Å². The second kappa shape index (κ2) is 7.90. The Bertz CT molecular complexity index is 452. The molecule has 0 saturated heterocycles. The van der Waals surface area contributed by atoms with E-state index in [1.165, 1.54) is 5.56 Å². The van der Waals surface area contributed by atoms with Crippen molar-refractivity contribution in [1.82, 2.24) is 10.2 Å². The highest BCUT2D eigenvalue weighted by atomic mass is 19.4. The molecule has 1 aromatic rings. The lowest BCUT2D eigenvalue weighted by Gasteiger charge is -2.22. The first-order chi connectivity index (χ1) is 9.85. The summed E-state index contributed by atoms with van der Waals surface area (Å²) in [5.74, 6) is 0.457. The number of nitrogens with one attached hydrogen (secondary N) is 1. The van der Waals surface area contributed by atoms with Crippen molar-refractivity contribution < 1.29 is 13.2 Å². The first-order valence-corrected chi connectivity index (χ1v) is 6.92. The van der Waals surface area contributed by atoms with Crippen LogP contribution in [0.5, 0.6) is 0 Å². The Morgan fingerprint density at radius 3 is 2.24 bits per heavy atom. The molecule has 118 valence electrons. The molecule has 0 aromatic heterocycles. The van der Waals surface area contributed by atoms with Crippen LogP contribution in [0.3, 0.4) is 0 Å². The summed E-state index contributed by atoms with van der Waals surface area (Å²) in [7, 11) is 3.36. The summed E-state index contributed by atoms with van der Waals surface area (Å²) < 4.78 is 36.4. The lowest BCUT2D eigenvalue weighted by Crippen LogP contribution is -2.39. The second-order valence-corrected chi connectivity index (χ2v) is 4.87. The molecule has 0 unspecified atom stereocenters. The molecule has 0 aliphatic rings. The Labute approximate surface area is 123 Å². The third-order valence-electron chi connectivity index (χ3n) is 3.12. The first-order valence-electron chi connectivity index (χ1n) is 6.92. The molecule has 1 aromatic carbocycles. The number of halogens is 3. The number of alkyl halides is 3. The highest BCUT2D eigenvalue weighted by Gasteiger charge is 2.26. The molecule has 0 bridgehead atoms. The van der Waals surface area contributed by atoms with Crippen LogP contribution < -0.4 is 5.32 Å². The van der Waals surface area contributed by atoms with Crippen molar-refractivity contribution in [1.29, 1.82) is 0 Å². The maximum atomic E-state index is 12.1. The minimum Gasteiger partial charge on any atom is -0.356 e. The van der Waals surface area contributed by atoms with E-state index in [1.54, 1.807) is 19.0 Å². The van der Waals surface area contributed by atoms with Gasteiger partial charge in [-0.3, -0.25) is 4.99 Å². The quantitative estimate of drug-likeness (QED) is 0.668. The van der Waals surface area contributed by atoms with Gasteiger partial charge in [0, 0.05) is 27.2 Å². The molecule has 21 heavy (non-hydrogen) atoms. The zero-order valence-corrected chi connectivity index (χ0v) is 12.7. The molecular weight excluding hydrogens is 279 g/mol. The molecular formula is C15H22F3N3. The number of rotatable bonds is 5. The summed E-state index contributed by atoms with van der Waals surface area (Å²) in [6.07, 6.45) is -4.04. The summed E-state index contributed by atoms with van der Waals surface area (Å²) in [6.45, 7) is 2.51. The van der Waals surface area contributed by atoms with Crippen molar-refractivity contribution in [2.24, 2.45) is 4.99 Å². The van der Waals surface area contributed by atoms with Gasteiger partial charge in [0.1, 0.15) is 0 Å². The molecule has 6 heteroatoms. The molecule has 3 nitrogen and oxygen atoms in total. The predicted octanol–water partition coefficient (Wildman–Crippen LogP) is 3.21. The standard InChI is InChI=1S/C15H22F3N3/c1-4-12-5-7-13(8-6-12)11-21(3)14(19-2)20-10-9-15(16,17)18/h5-8H,4,9-11H2,1-3H3,(H,19,20). The summed E-state index contributed by atoms with van der Waals surface area (Å²) in [4.78, 5) is 5.80. The van der Waals surface area contributed by atoms with E-state index in [4.69, 9.17) is 0 Å². The number of aliphatic imine (C=N–C) groups is 1. The zero-order chi connectivity index (χ0) is 15.9. The fourth-order valence-corrected chi connectivity index (χ4v) is 1.93. The van der Waals surface area contributed by atoms with Crippen LogP contribution in [-0.2, 0) is 13.0 Å². The van der Waals surface area contributed by atoms with Gasteiger partial charge in [0.15, 0.2) is 5.96 Å². The van der Waals surface area contributed by atoms with E-state index in [9.17, 15) is 13.2 Å². The Morgan fingerprint density at radius 2 is 1.76 bits per heavy atom. The fraction of sp³-hybridized carbons (Fsp3) is 0.533. The van der Waals surface area contributed by atoms with Gasteiger partial charge < -0.3 is 10.2 Å². The van der Waals surface area contributed by atoms with Gasteiger partial charge in [0.25, 0.3) is 0 Å². The molecule has 0 radical (unpaired) electrons. The number of benzene rings is 1. The van der Waals surface area contributed by atoms with Gasteiger partial charge in [0.2, 0.25) is 0 Å². The summed E-state index contributed by atoms with van der Waals surface area (Å²) in [5, 5.41) is 2.72. The summed E-state index contributed by atoms with van der Waals surface area (Å²) in [5.41, 5.74) is 2.35. The summed E-state index contributed by atoms with van der Waals surface area (Å²) >= 11 is 0. The lowest BCUT2D eigenvalue weighted by molar-refractivity contribution is -0.132. The largest absolute Gasteiger partial charge is 0.390 e. The van der Waals surface area contributed by atoms with Crippen LogP contribution in [-0.4, -0.2) is 37.7 Å². The molecule has 0 aliphatic carbocycles. The van der Waals surface area contributed by atoms with E-state index in [-0.39, 0.29) is 6.54 Å². The van der Waals surface area contributed by atoms with Crippen LogP contribution in [0.25, 0.3) is 0 Å². The number of guanidine groups is 1. The zero-order valence-electron chi connectivity index (χ0n) is 12.7. The Morgan fingerprint density at radius 1 is 1.19 bits per heavy atom. The highest BCUT2D eigenvalue weighted by Crippen LogP contribution is 2.18. The summed E-state index contributed by atoms with van der Waals surface area (Å²) in [6, 6.07) is 8.17. The van der Waals surface area contributed by atoms with E-state index >= 15 is 0 Å². The van der Waals surface area contributed by atoms with Crippen LogP contribution in [0.1, 0.15) is 24.5 Å². The average molecular weight is 301 g/mol. The minimum atomic E-state index is -4.15. The van der Waals surface area contributed by atoms with Crippen molar-refractivity contribution in [2.75, 3.05) is 20.6 Å². The number of hydrogen-bond donors (Lipinski definition) is 1. The van der Waals surface area contributed by atoms with Gasteiger partial charge in [-0.1, -0.05) is 31.2 Å². The average Bonchev–Trinajstić information content (AvgIpc) is 2.43.